The Hall–Kier alpha value is -3.21. The third-order valence-corrected chi connectivity index (χ3v) is 3.87. The molecule has 4 nitrogen and oxygen atoms in total. The number of anilines is 1. The molecule has 0 spiro atoms. The van der Waals surface area contributed by atoms with Crippen LogP contribution in [0, 0.1) is 12.7 Å². The Balaban J connectivity index is 1.75. The fourth-order valence-electron chi connectivity index (χ4n) is 2.55. The Bertz CT molecular complexity index is 941. The second-order valence-corrected chi connectivity index (χ2v) is 5.83. The normalized spacial score (nSPS) is 10.4. The largest absolute Gasteiger partial charge is 0.457 e. The third kappa shape index (κ3) is 4.25. The Labute approximate surface area is 151 Å². The van der Waals surface area contributed by atoms with Gasteiger partial charge in [0, 0.05) is 23.5 Å². The Morgan fingerprint density at radius 1 is 1.08 bits per heavy atom. The van der Waals surface area contributed by atoms with Crippen LogP contribution in [0.5, 0.6) is 11.5 Å². The van der Waals surface area contributed by atoms with Crippen molar-refractivity contribution in [3.8, 4) is 11.5 Å². The van der Waals surface area contributed by atoms with Crippen molar-refractivity contribution in [2.45, 2.75) is 20.3 Å². The summed E-state index contributed by atoms with van der Waals surface area (Å²) in [5.41, 5.74) is 2.75. The fourth-order valence-corrected chi connectivity index (χ4v) is 2.55. The molecule has 1 heterocycles. The first-order chi connectivity index (χ1) is 12.5. The molecular formula is C21H19FN2O2. The summed E-state index contributed by atoms with van der Waals surface area (Å²) in [5.74, 6) is 0.291. The summed E-state index contributed by atoms with van der Waals surface area (Å²) in [7, 11) is 0. The van der Waals surface area contributed by atoms with Gasteiger partial charge in [0.05, 0.1) is 11.3 Å². The van der Waals surface area contributed by atoms with Gasteiger partial charge in [0.1, 0.15) is 17.3 Å². The zero-order valence-electron chi connectivity index (χ0n) is 14.6. The van der Waals surface area contributed by atoms with E-state index in [2.05, 4.69) is 10.3 Å². The van der Waals surface area contributed by atoms with E-state index in [4.69, 9.17) is 4.74 Å². The summed E-state index contributed by atoms with van der Waals surface area (Å²) in [6.07, 6.45) is 0.822. The van der Waals surface area contributed by atoms with E-state index in [-0.39, 0.29) is 11.7 Å². The van der Waals surface area contributed by atoms with Crippen molar-refractivity contribution in [2.75, 3.05) is 5.32 Å². The number of aromatic nitrogens is 1. The number of ether oxygens (including phenoxy) is 1. The van der Waals surface area contributed by atoms with E-state index in [0.29, 0.717) is 28.4 Å². The molecule has 26 heavy (non-hydrogen) atoms. The molecule has 1 amide bonds. The SMILES string of the molecule is CCc1ccc(C(=O)Nc2cccc(Oc3cccc(F)c3)c2)c(C)n1. The molecular weight excluding hydrogens is 331 g/mol. The second kappa shape index (κ2) is 7.78. The van der Waals surface area contributed by atoms with Gasteiger partial charge in [-0.05, 0) is 49.7 Å². The Morgan fingerprint density at radius 3 is 2.50 bits per heavy atom. The van der Waals surface area contributed by atoms with E-state index < -0.39 is 0 Å². The summed E-state index contributed by atoms with van der Waals surface area (Å²) >= 11 is 0. The van der Waals surface area contributed by atoms with Crippen molar-refractivity contribution < 1.29 is 13.9 Å². The molecule has 0 aliphatic carbocycles. The van der Waals surface area contributed by atoms with Gasteiger partial charge in [-0.1, -0.05) is 19.1 Å². The maximum atomic E-state index is 13.3. The Morgan fingerprint density at radius 2 is 1.81 bits per heavy atom. The molecule has 0 atom stereocenters. The number of rotatable bonds is 5. The molecule has 0 radical (unpaired) electrons. The third-order valence-electron chi connectivity index (χ3n) is 3.87. The van der Waals surface area contributed by atoms with Gasteiger partial charge in [0.25, 0.3) is 5.91 Å². The highest BCUT2D eigenvalue weighted by Crippen LogP contribution is 2.25. The van der Waals surface area contributed by atoms with Crippen molar-refractivity contribution >= 4 is 11.6 Å². The van der Waals surface area contributed by atoms with Crippen LogP contribution in [0.1, 0.15) is 28.7 Å². The molecule has 5 heteroatoms. The predicted molar refractivity (Wildman–Crippen MR) is 99.2 cm³/mol. The van der Waals surface area contributed by atoms with Gasteiger partial charge in [-0.25, -0.2) is 4.39 Å². The lowest BCUT2D eigenvalue weighted by Crippen LogP contribution is -2.14. The topological polar surface area (TPSA) is 51.2 Å². The van der Waals surface area contributed by atoms with Crippen LogP contribution >= 0.6 is 0 Å². The van der Waals surface area contributed by atoms with Gasteiger partial charge >= 0.3 is 0 Å². The van der Waals surface area contributed by atoms with E-state index in [1.807, 2.05) is 19.9 Å². The number of halogens is 1. The molecule has 0 unspecified atom stereocenters. The maximum Gasteiger partial charge on any atom is 0.257 e. The van der Waals surface area contributed by atoms with Crippen LogP contribution < -0.4 is 10.1 Å². The number of amides is 1. The number of hydrogen-bond donors (Lipinski definition) is 1. The van der Waals surface area contributed by atoms with Gasteiger partial charge in [0.15, 0.2) is 0 Å². The summed E-state index contributed by atoms with van der Waals surface area (Å²) in [6.45, 7) is 3.84. The minimum Gasteiger partial charge on any atom is -0.457 e. The van der Waals surface area contributed by atoms with E-state index in [0.717, 1.165) is 12.1 Å². The number of benzene rings is 2. The molecule has 2 aromatic carbocycles. The lowest BCUT2D eigenvalue weighted by Gasteiger charge is -2.10. The van der Waals surface area contributed by atoms with Gasteiger partial charge < -0.3 is 10.1 Å². The number of pyridine rings is 1. The molecule has 0 bridgehead atoms. The van der Waals surface area contributed by atoms with E-state index in [1.165, 1.54) is 12.1 Å². The average molecular weight is 350 g/mol. The number of carbonyl (C=O) groups excluding carboxylic acids is 1. The van der Waals surface area contributed by atoms with Crippen LogP contribution in [0.15, 0.2) is 60.7 Å². The van der Waals surface area contributed by atoms with Crippen molar-refractivity contribution in [3.63, 3.8) is 0 Å². The quantitative estimate of drug-likeness (QED) is 0.693. The van der Waals surface area contributed by atoms with Crippen LogP contribution in [0.25, 0.3) is 0 Å². The van der Waals surface area contributed by atoms with Gasteiger partial charge in [-0.2, -0.15) is 0 Å². The molecule has 132 valence electrons. The maximum absolute atomic E-state index is 13.3. The zero-order chi connectivity index (χ0) is 18.5. The van der Waals surface area contributed by atoms with Crippen molar-refractivity contribution in [3.05, 3.63) is 83.4 Å². The minimum atomic E-state index is -0.370. The van der Waals surface area contributed by atoms with Crippen molar-refractivity contribution in [2.24, 2.45) is 0 Å². The molecule has 3 rings (SSSR count). The summed E-state index contributed by atoms with van der Waals surface area (Å²) in [5, 5.41) is 2.84. The summed E-state index contributed by atoms with van der Waals surface area (Å²) in [4.78, 5) is 16.9. The van der Waals surface area contributed by atoms with E-state index in [9.17, 15) is 9.18 Å². The fraction of sp³-hybridized carbons (Fsp3) is 0.143. The minimum absolute atomic E-state index is 0.236. The van der Waals surface area contributed by atoms with Crippen molar-refractivity contribution in [1.82, 2.24) is 4.98 Å². The molecule has 1 aromatic heterocycles. The predicted octanol–water partition coefficient (Wildman–Crippen LogP) is 5.14. The summed E-state index contributed by atoms with van der Waals surface area (Å²) in [6, 6.07) is 16.5. The zero-order valence-corrected chi connectivity index (χ0v) is 14.6. The molecule has 3 aromatic rings. The number of carbonyl (C=O) groups is 1. The highest BCUT2D eigenvalue weighted by Gasteiger charge is 2.11. The number of aryl methyl sites for hydroxylation is 2. The number of hydrogen-bond acceptors (Lipinski definition) is 3. The molecule has 1 N–H and O–H groups in total. The highest BCUT2D eigenvalue weighted by atomic mass is 19.1. The molecule has 0 fully saturated rings. The molecule has 0 aliphatic heterocycles. The summed E-state index contributed by atoms with van der Waals surface area (Å²) < 4.78 is 18.9. The number of nitrogens with one attached hydrogen (secondary N) is 1. The standard InChI is InChI=1S/C21H19FN2O2/c1-3-16-10-11-20(14(2)23-16)21(25)24-17-7-5-9-19(13-17)26-18-8-4-6-15(22)12-18/h4-13H,3H2,1-2H3,(H,24,25). The van der Waals surface area contributed by atoms with Crippen LogP contribution in [-0.4, -0.2) is 10.9 Å². The van der Waals surface area contributed by atoms with E-state index >= 15 is 0 Å². The highest BCUT2D eigenvalue weighted by molar-refractivity contribution is 6.05. The van der Waals surface area contributed by atoms with Crippen LogP contribution in [0.4, 0.5) is 10.1 Å². The van der Waals surface area contributed by atoms with Crippen LogP contribution in [0.3, 0.4) is 0 Å². The lowest BCUT2D eigenvalue weighted by molar-refractivity contribution is 0.102. The Kier molecular flexibility index (Phi) is 5.27. The first-order valence-electron chi connectivity index (χ1n) is 8.36. The van der Waals surface area contributed by atoms with Crippen LogP contribution in [0.2, 0.25) is 0 Å². The average Bonchev–Trinajstić information content (AvgIpc) is 2.61. The van der Waals surface area contributed by atoms with Gasteiger partial charge in [-0.3, -0.25) is 9.78 Å². The number of nitrogens with zero attached hydrogens (tertiary/aromatic N) is 1. The first kappa shape index (κ1) is 17.6. The first-order valence-corrected chi connectivity index (χ1v) is 8.36. The smallest absolute Gasteiger partial charge is 0.257 e. The van der Waals surface area contributed by atoms with Crippen molar-refractivity contribution in [1.29, 1.82) is 0 Å². The van der Waals surface area contributed by atoms with Gasteiger partial charge in [0.2, 0.25) is 0 Å². The second-order valence-electron chi connectivity index (χ2n) is 5.83. The molecule has 0 aliphatic rings. The monoisotopic (exact) mass is 350 g/mol. The lowest BCUT2D eigenvalue weighted by atomic mass is 10.1. The van der Waals surface area contributed by atoms with E-state index in [1.54, 1.807) is 42.5 Å². The van der Waals surface area contributed by atoms with Gasteiger partial charge in [-0.15, -0.1) is 0 Å². The van der Waals surface area contributed by atoms with Crippen LogP contribution in [-0.2, 0) is 6.42 Å². The molecule has 0 saturated carbocycles. The molecule has 0 saturated heterocycles.